The maximum absolute atomic E-state index is 10.4. The van der Waals surface area contributed by atoms with Crippen LogP contribution in [0.4, 0.5) is 0 Å². The van der Waals surface area contributed by atoms with Gasteiger partial charge in [-0.15, -0.1) is 0 Å². The van der Waals surface area contributed by atoms with E-state index in [0.29, 0.717) is 18.3 Å². The van der Waals surface area contributed by atoms with Crippen LogP contribution < -0.4 is 9.47 Å². The third-order valence-electron chi connectivity index (χ3n) is 6.58. The van der Waals surface area contributed by atoms with Crippen molar-refractivity contribution < 1.29 is 14.6 Å². The van der Waals surface area contributed by atoms with Gasteiger partial charge in [0.2, 0.25) is 0 Å². The third-order valence-corrected chi connectivity index (χ3v) is 6.58. The number of piperazine rings is 2. The van der Waals surface area contributed by atoms with Crippen molar-refractivity contribution in [3.05, 3.63) is 23.8 Å². The Morgan fingerprint density at radius 3 is 2.16 bits per heavy atom. The number of hydrogen-bond acceptors (Lipinski definition) is 7. The number of hydrogen-bond donors (Lipinski definition) is 1. The largest absolute Gasteiger partial charge is 0.493 e. The van der Waals surface area contributed by atoms with Crippen molar-refractivity contribution in [2.24, 2.45) is 0 Å². The van der Waals surface area contributed by atoms with Crippen LogP contribution in [0.1, 0.15) is 26.3 Å². The lowest BCUT2D eigenvalue weighted by molar-refractivity contribution is 0.0464. The minimum atomic E-state index is -0.505. The fraction of sp³-hybridized carbons (Fsp3) is 0.750. The molecule has 0 bridgehead atoms. The van der Waals surface area contributed by atoms with Crippen LogP contribution in [0.5, 0.6) is 11.5 Å². The number of ether oxygens (including phenoxy) is 2. The molecule has 0 aromatic heterocycles. The molecule has 2 heterocycles. The molecule has 1 aromatic rings. The van der Waals surface area contributed by atoms with Crippen molar-refractivity contribution in [1.29, 1.82) is 0 Å². The maximum Gasteiger partial charge on any atom is 0.161 e. The highest BCUT2D eigenvalue weighted by Crippen LogP contribution is 2.29. The Morgan fingerprint density at radius 1 is 0.903 bits per heavy atom. The van der Waals surface area contributed by atoms with E-state index in [2.05, 4.69) is 52.5 Å². The number of likely N-dealkylation sites (N-methyl/N-ethyl adjacent to an activating group) is 1. The fourth-order valence-electron chi connectivity index (χ4n) is 4.45. The molecule has 0 aliphatic carbocycles. The molecule has 7 nitrogen and oxygen atoms in total. The molecule has 0 amide bonds. The SMILES string of the molecule is CCN1CCN(CC(O)COc2ccc(CN3CCN(C(C)C)CC3)cc2OC)CC1. The quantitative estimate of drug-likeness (QED) is 0.600. The van der Waals surface area contributed by atoms with Crippen LogP contribution in [-0.2, 0) is 6.54 Å². The van der Waals surface area contributed by atoms with Gasteiger partial charge in [0.1, 0.15) is 12.7 Å². The van der Waals surface area contributed by atoms with Gasteiger partial charge in [-0.25, -0.2) is 0 Å². The Morgan fingerprint density at radius 2 is 1.55 bits per heavy atom. The summed E-state index contributed by atoms with van der Waals surface area (Å²) in [7, 11) is 1.68. The van der Waals surface area contributed by atoms with Gasteiger partial charge in [0, 0.05) is 71.5 Å². The number of nitrogens with zero attached hydrogens (tertiary/aromatic N) is 4. The van der Waals surface area contributed by atoms with Gasteiger partial charge in [-0.05, 0) is 38.1 Å². The van der Waals surface area contributed by atoms with Crippen LogP contribution in [-0.4, -0.2) is 116 Å². The lowest BCUT2D eigenvalue weighted by Gasteiger charge is -2.37. The standard InChI is InChI=1S/C24H42N4O3/c1-5-25-8-10-27(11-9-25)18-22(29)19-31-23-7-6-21(16-24(23)30-4)17-26-12-14-28(15-13-26)20(2)3/h6-7,16,20,22,29H,5,8-15,17-19H2,1-4H3. The summed E-state index contributed by atoms with van der Waals surface area (Å²) in [5, 5.41) is 10.4. The van der Waals surface area contributed by atoms with Crippen molar-refractivity contribution in [2.75, 3.05) is 79.2 Å². The average Bonchev–Trinajstić information content (AvgIpc) is 2.79. The second kappa shape index (κ2) is 12.0. The van der Waals surface area contributed by atoms with Crippen molar-refractivity contribution >= 4 is 0 Å². The molecule has 3 rings (SSSR count). The van der Waals surface area contributed by atoms with Crippen LogP contribution in [0.15, 0.2) is 18.2 Å². The summed E-state index contributed by atoms with van der Waals surface area (Å²) in [4.78, 5) is 9.79. The first-order valence-electron chi connectivity index (χ1n) is 11.9. The third kappa shape index (κ3) is 7.32. The first-order valence-corrected chi connectivity index (χ1v) is 11.9. The van der Waals surface area contributed by atoms with Crippen LogP contribution in [0.25, 0.3) is 0 Å². The number of aliphatic hydroxyl groups excluding tert-OH is 1. The van der Waals surface area contributed by atoms with Gasteiger partial charge >= 0.3 is 0 Å². The Kier molecular flexibility index (Phi) is 9.41. The number of β-amino-alcohol motifs (C(OH)–C–C–N with tert-alkyl or cyclic N) is 1. The van der Waals surface area contributed by atoms with Gasteiger partial charge in [0.05, 0.1) is 7.11 Å². The molecule has 176 valence electrons. The maximum atomic E-state index is 10.4. The highest BCUT2D eigenvalue weighted by molar-refractivity contribution is 5.43. The highest BCUT2D eigenvalue weighted by atomic mass is 16.5. The Bertz CT molecular complexity index is 656. The van der Waals surface area contributed by atoms with Crippen molar-refractivity contribution in [2.45, 2.75) is 39.5 Å². The molecule has 0 spiro atoms. The minimum Gasteiger partial charge on any atom is -0.493 e. The Hall–Kier alpha value is -1.38. The summed E-state index contributed by atoms with van der Waals surface area (Å²) < 4.78 is 11.5. The van der Waals surface area contributed by atoms with Gasteiger partial charge < -0.3 is 19.5 Å². The van der Waals surface area contributed by atoms with Gasteiger partial charge in [0.25, 0.3) is 0 Å². The normalized spacial score (nSPS) is 20.8. The van der Waals surface area contributed by atoms with E-state index in [1.54, 1.807) is 7.11 Å². The summed E-state index contributed by atoms with van der Waals surface area (Å²) >= 11 is 0. The Labute approximate surface area is 188 Å². The molecule has 1 aromatic carbocycles. The van der Waals surface area contributed by atoms with Crippen LogP contribution in [0.2, 0.25) is 0 Å². The van der Waals surface area contributed by atoms with Crippen molar-refractivity contribution in [3.8, 4) is 11.5 Å². The molecule has 0 radical (unpaired) electrons. The predicted molar refractivity (Wildman–Crippen MR) is 125 cm³/mol. The first-order chi connectivity index (χ1) is 15.0. The van der Waals surface area contributed by atoms with Crippen molar-refractivity contribution in [1.82, 2.24) is 19.6 Å². The molecule has 2 aliphatic rings. The predicted octanol–water partition coefficient (Wildman–Crippen LogP) is 1.60. The molecule has 2 saturated heterocycles. The first kappa shape index (κ1) is 24.3. The topological polar surface area (TPSA) is 51.7 Å². The number of benzene rings is 1. The summed E-state index contributed by atoms with van der Waals surface area (Å²) in [6, 6.07) is 6.78. The molecule has 1 unspecified atom stereocenters. The van der Waals surface area contributed by atoms with E-state index in [0.717, 1.165) is 71.2 Å². The fourth-order valence-corrected chi connectivity index (χ4v) is 4.45. The smallest absolute Gasteiger partial charge is 0.161 e. The molecule has 2 aliphatic heterocycles. The van der Waals surface area contributed by atoms with Gasteiger partial charge in [-0.2, -0.15) is 0 Å². The molecule has 1 N–H and O–H groups in total. The minimum absolute atomic E-state index is 0.279. The van der Waals surface area contributed by atoms with E-state index in [4.69, 9.17) is 9.47 Å². The van der Waals surface area contributed by atoms with Crippen molar-refractivity contribution in [3.63, 3.8) is 0 Å². The molecule has 31 heavy (non-hydrogen) atoms. The lowest BCUT2D eigenvalue weighted by Crippen LogP contribution is -2.49. The second-order valence-corrected chi connectivity index (χ2v) is 9.09. The molecule has 7 heteroatoms. The molecule has 1 atom stereocenters. The molecular formula is C24H42N4O3. The zero-order valence-corrected chi connectivity index (χ0v) is 19.9. The number of aliphatic hydroxyl groups is 1. The van der Waals surface area contributed by atoms with Crippen LogP contribution >= 0.6 is 0 Å². The summed E-state index contributed by atoms with van der Waals surface area (Å²) in [5.41, 5.74) is 1.23. The number of methoxy groups -OCH3 is 1. The second-order valence-electron chi connectivity index (χ2n) is 9.09. The Balaban J connectivity index is 1.45. The van der Waals surface area contributed by atoms with E-state index in [9.17, 15) is 5.11 Å². The van der Waals surface area contributed by atoms with Crippen LogP contribution in [0, 0.1) is 0 Å². The summed E-state index contributed by atoms with van der Waals surface area (Å²) in [6.45, 7) is 18.3. The molecule has 0 saturated carbocycles. The average molecular weight is 435 g/mol. The van der Waals surface area contributed by atoms with E-state index in [1.807, 2.05) is 6.07 Å². The molecule has 2 fully saturated rings. The van der Waals surface area contributed by atoms with Gasteiger partial charge in [0.15, 0.2) is 11.5 Å². The van der Waals surface area contributed by atoms with E-state index < -0.39 is 6.10 Å². The zero-order valence-electron chi connectivity index (χ0n) is 19.9. The van der Waals surface area contributed by atoms with Crippen LogP contribution in [0.3, 0.4) is 0 Å². The van der Waals surface area contributed by atoms with E-state index in [1.165, 1.54) is 5.56 Å². The highest BCUT2D eigenvalue weighted by Gasteiger charge is 2.20. The summed E-state index contributed by atoms with van der Waals surface area (Å²) in [6.07, 6.45) is -0.505. The van der Waals surface area contributed by atoms with Gasteiger partial charge in [-0.3, -0.25) is 14.7 Å². The number of rotatable bonds is 10. The zero-order chi connectivity index (χ0) is 22.2. The summed E-state index contributed by atoms with van der Waals surface area (Å²) in [5.74, 6) is 1.44. The monoisotopic (exact) mass is 434 g/mol. The molecular weight excluding hydrogens is 392 g/mol. The van der Waals surface area contributed by atoms with Gasteiger partial charge in [-0.1, -0.05) is 13.0 Å². The van der Waals surface area contributed by atoms with E-state index in [-0.39, 0.29) is 6.61 Å². The van der Waals surface area contributed by atoms with E-state index >= 15 is 0 Å². The lowest BCUT2D eigenvalue weighted by atomic mass is 10.1.